The zero-order chi connectivity index (χ0) is 14.0. The highest BCUT2D eigenvalue weighted by Crippen LogP contribution is 2.65. The topological polar surface area (TPSA) is 43.4 Å². The predicted molar refractivity (Wildman–Crippen MR) is 71.4 cm³/mol. The van der Waals surface area contributed by atoms with Gasteiger partial charge < -0.3 is 4.74 Å². The minimum atomic E-state index is -0.421. The number of carbonyl (C=O) groups is 2. The standard InChI is InChI=1S/C16H22O3/c1-9-5-7-16-8-6-10(15(2,3)14(16)18)11(12(9)16)13(17)19-4/h9-10H,5-8H2,1-4H3. The van der Waals surface area contributed by atoms with Crippen LogP contribution in [0.25, 0.3) is 0 Å². The van der Waals surface area contributed by atoms with Gasteiger partial charge in [-0.3, -0.25) is 4.79 Å². The maximum Gasteiger partial charge on any atom is 0.334 e. The van der Waals surface area contributed by atoms with Crippen molar-refractivity contribution in [1.82, 2.24) is 0 Å². The molecule has 3 heteroatoms. The van der Waals surface area contributed by atoms with Crippen LogP contribution in [0.15, 0.2) is 11.1 Å². The molecular formula is C16H22O3. The SMILES string of the molecule is COC(=O)C1=C2C(C)CCC23CCC1C(C)(C)C3=O. The van der Waals surface area contributed by atoms with Crippen LogP contribution in [0, 0.1) is 22.7 Å². The lowest BCUT2D eigenvalue weighted by Gasteiger charge is -2.53. The molecule has 1 spiro atoms. The van der Waals surface area contributed by atoms with Gasteiger partial charge in [-0.15, -0.1) is 0 Å². The lowest BCUT2D eigenvalue weighted by molar-refractivity contribution is -0.148. The summed E-state index contributed by atoms with van der Waals surface area (Å²) in [6, 6.07) is 0. The number of rotatable bonds is 1. The second kappa shape index (κ2) is 3.71. The average Bonchev–Trinajstić information content (AvgIpc) is 2.73. The highest BCUT2D eigenvalue weighted by Gasteiger charge is 2.64. The maximum atomic E-state index is 12.9. The van der Waals surface area contributed by atoms with Gasteiger partial charge in [-0.05, 0) is 37.2 Å². The Morgan fingerprint density at radius 3 is 2.53 bits per heavy atom. The highest BCUT2D eigenvalue weighted by molar-refractivity contribution is 6.02. The first kappa shape index (κ1) is 12.9. The third kappa shape index (κ3) is 1.34. The number of hydrogen-bond donors (Lipinski definition) is 0. The second-order valence-corrected chi connectivity index (χ2v) is 6.98. The first-order valence-electron chi connectivity index (χ1n) is 7.24. The molecule has 3 unspecified atom stereocenters. The van der Waals surface area contributed by atoms with Crippen LogP contribution in [0.4, 0.5) is 0 Å². The number of ketones is 1. The molecule has 0 radical (unpaired) electrons. The van der Waals surface area contributed by atoms with Crippen molar-refractivity contribution in [3.8, 4) is 0 Å². The Morgan fingerprint density at radius 2 is 1.89 bits per heavy atom. The molecule has 0 aliphatic heterocycles. The van der Waals surface area contributed by atoms with Gasteiger partial charge >= 0.3 is 5.97 Å². The molecule has 0 saturated heterocycles. The van der Waals surface area contributed by atoms with Crippen molar-refractivity contribution in [2.45, 2.75) is 46.5 Å². The molecule has 0 heterocycles. The molecule has 0 aromatic rings. The molecule has 0 N–H and O–H groups in total. The van der Waals surface area contributed by atoms with Crippen LogP contribution in [0.5, 0.6) is 0 Å². The Bertz CT molecular complexity index is 500. The molecule has 19 heavy (non-hydrogen) atoms. The molecule has 2 bridgehead atoms. The van der Waals surface area contributed by atoms with E-state index in [1.807, 2.05) is 13.8 Å². The summed E-state index contributed by atoms with van der Waals surface area (Å²) in [7, 11) is 1.44. The van der Waals surface area contributed by atoms with Crippen molar-refractivity contribution in [2.75, 3.05) is 7.11 Å². The van der Waals surface area contributed by atoms with Gasteiger partial charge in [0.05, 0.1) is 12.5 Å². The van der Waals surface area contributed by atoms with Crippen molar-refractivity contribution >= 4 is 11.8 Å². The molecular weight excluding hydrogens is 240 g/mol. The van der Waals surface area contributed by atoms with Gasteiger partial charge in [0.2, 0.25) is 0 Å². The van der Waals surface area contributed by atoms with Gasteiger partial charge in [-0.1, -0.05) is 20.8 Å². The fourth-order valence-electron chi connectivity index (χ4n) is 4.93. The van der Waals surface area contributed by atoms with Crippen LogP contribution in [-0.4, -0.2) is 18.9 Å². The molecule has 0 aromatic heterocycles. The van der Waals surface area contributed by atoms with Crippen LogP contribution >= 0.6 is 0 Å². The average molecular weight is 262 g/mol. The van der Waals surface area contributed by atoms with Gasteiger partial charge in [0.15, 0.2) is 0 Å². The Kier molecular flexibility index (Phi) is 2.52. The van der Waals surface area contributed by atoms with Crippen LogP contribution in [0.2, 0.25) is 0 Å². The predicted octanol–water partition coefficient (Wildman–Crippen LogP) is 2.89. The summed E-state index contributed by atoms with van der Waals surface area (Å²) >= 11 is 0. The van der Waals surface area contributed by atoms with E-state index in [-0.39, 0.29) is 17.3 Å². The molecule has 2 fully saturated rings. The van der Waals surface area contributed by atoms with Gasteiger partial charge in [-0.2, -0.15) is 0 Å². The lowest BCUT2D eigenvalue weighted by Crippen LogP contribution is -2.55. The largest absolute Gasteiger partial charge is 0.466 e. The van der Waals surface area contributed by atoms with E-state index in [0.717, 1.165) is 36.8 Å². The molecule has 2 saturated carbocycles. The number of fused-ring (bicyclic) bond motifs is 2. The maximum absolute atomic E-state index is 12.9. The van der Waals surface area contributed by atoms with Crippen molar-refractivity contribution in [2.24, 2.45) is 22.7 Å². The Labute approximate surface area is 114 Å². The van der Waals surface area contributed by atoms with Crippen molar-refractivity contribution in [3.63, 3.8) is 0 Å². The number of carbonyl (C=O) groups excluding carboxylic acids is 2. The van der Waals surface area contributed by atoms with Gasteiger partial charge in [-0.25, -0.2) is 4.79 Å². The van der Waals surface area contributed by atoms with Crippen molar-refractivity contribution in [3.05, 3.63) is 11.1 Å². The Hall–Kier alpha value is -1.12. The molecule has 3 atom stereocenters. The van der Waals surface area contributed by atoms with E-state index in [2.05, 4.69) is 6.92 Å². The van der Waals surface area contributed by atoms with E-state index < -0.39 is 5.41 Å². The molecule has 3 nitrogen and oxygen atoms in total. The number of allylic oxidation sites excluding steroid dienone is 1. The summed E-state index contributed by atoms with van der Waals surface area (Å²) in [5.41, 5.74) is 1.19. The summed E-state index contributed by atoms with van der Waals surface area (Å²) in [5.74, 6) is 0.545. The number of methoxy groups -OCH3 is 1. The third-order valence-corrected chi connectivity index (χ3v) is 5.81. The van der Waals surface area contributed by atoms with Gasteiger partial charge in [0.1, 0.15) is 5.78 Å². The number of esters is 1. The second-order valence-electron chi connectivity index (χ2n) is 6.98. The smallest absolute Gasteiger partial charge is 0.334 e. The monoisotopic (exact) mass is 262 g/mol. The molecule has 4 aliphatic carbocycles. The van der Waals surface area contributed by atoms with Crippen LogP contribution < -0.4 is 0 Å². The third-order valence-electron chi connectivity index (χ3n) is 5.81. The molecule has 0 aromatic carbocycles. The van der Waals surface area contributed by atoms with Crippen molar-refractivity contribution in [1.29, 1.82) is 0 Å². The minimum Gasteiger partial charge on any atom is -0.466 e. The summed E-state index contributed by atoms with van der Waals surface area (Å²) in [4.78, 5) is 25.2. The van der Waals surface area contributed by atoms with E-state index in [9.17, 15) is 9.59 Å². The number of hydrogen-bond acceptors (Lipinski definition) is 3. The molecule has 4 rings (SSSR count). The van der Waals surface area contributed by atoms with E-state index >= 15 is 0 Å². The summed E-state index contributed by atoms with van der Waals surface area (Å²) in [5, 5.41) is 0. The molecule has 104 valence electrons. The van der Waals surface area contributed by atoms with Crippen LogP contribution in [-0.2, 0) is 14.3 Å². The van der Waals surface area contributed by atoms with Crippen LogP contribution in [0.3, 0.4) is 0 Å². The zero-order valence-electron chi connectivity index (χ0n) is 12.2. The van der Waals surface area contributed by atoms with Crippen LogP contribution in [0.1, 0.15) is 46.5 Å². The zero-order valence-corrected chi connectivity index (χ0v) is 12.2. The van der Waals surface area contributed by atoms with E-state index in [4.69, 9.17) is 4.74 Å². The van der Waals surface area contributed by atoms with Gasteiger partial charge in [0, 0.05) is 16.9 Å². The molecule has 0 amide bonds. The highest BCUT2D eigenvalue weighted by atomic mass is 16.5. The fraction of sp³-hybridized carbons (Fsp3) is 0.750. The first-order valence-corrected chi connectivity index (χ1v) is 7.24. The number of ether oxygens (including phenoxy) is 1. The minimum absolute atomic E-state index is 0.0462. The summed E-state index contributed by atoms with van der Waals surface area (Å²) < 4.78 is 5.02. The van der Waals surface area contributed by atoms with E-state index in [1.165, 1.54) is 7.11 Å². The Morgan fingerprint density at radius 1 is 1.26 bits per heavy atom. The molecule has 4 aliphatic rings. The Balaban J connectivity index is 2.28. The van der Waals surface area contributed by atoms with Crippen molar-refractivity contribution < 1.29 is 14.3 Å². The first-order chi connectivity index (χ1) is 8.86. The van der Waals surface area contributed by atoms with E-state index in [1.54, 1.807) is 0 Å². The normalized spacial score (nSPS) is 39.5. The quantitative estimate of drug-likeness (QED) is 0.682. The van der Waals surface area contributed by atoms with Gasteiger partial charge in [0.25, 0.3) is 0 Å². The summed E-state index contributed by atoms with van der Waals surface area (Å²) in [6.45, 7) is 6.15. The summed E-state index contributed by atoms with van der Waals surface area (Å²) in [6.07, 6.45) is 3.81. The van der Waals surface area contributed by atoms with E-state index in [0.29, 0.717) is 11.7 Å². The fourth-order valence-corrected chi connectivity index (χ4v) is 4.93. The number of Topliss-reactive ketones (excluding diaryl/α,β-unsaturated/α-hetero) is 1. The lowest BCUT2D eigenvalue weighted by atomic mass is 9.48.